The number of halogens is 3. The first-order valence-electron chi connectivity index (χ1n) is 13.3. The Bertz CT molecular complexity index is 1540. The topological polar surface area (TPSA) is 147 Å². The van der Waals surface area contributed by atoms with Gasteiger partial charge in [0.15, 0.2) is 0 Å². The summed E-state index contributed by atoms with van der Waals surface area (Å²) in [6, 6.07) is 13.8. The molecule has 3 amide bonds. The zero-order chi connectivity index (χ0) is 30.0. The Hall–Kier alpha value is -4.59. The van der Waals surface area contributed by atoms with E-state index in [2.05, 4.69) is 45.2 Å². The number of amides is 3. The lowest BCUT2D eigenvalue weighted by atomic mass is 9.88. The molecule has 6 rings (SSSR count). The molecule has 3 heterocycles. The number of alkyl halides is 3. The molecule has 0 radical (unpaired) electrons. The van der Waals surface area contributed by atoms with Gasteiger partial charge in [-0.3, -0.25) is 19.7 Å². The van der Waals surface area contributed by atoms with Crippen molar-refractivity contribution >= 4 is 23.7 Å². The highest BCUT2D eigenvalue weighted by Crippen LogP contribution is 2.30. The molecule has 3 aromatic rings. The number of aryl methyl sites for hydroxylation is 1. The van der Waals surface area contributed by atoms with Crippen molar-refractivity contribution in [1.29, 1.82) is 0 Å². The third-order valence-corrected chi connectivity index (χ3v) is 7.45. The van der Waals surface area contributed by atoms with E-state index in [1.165, 1.54) is 17.5 Å². The number of nitrogens with one attached hydrogen (secondary N) is 2. The maximum Gasteiger partial charge on any atom is 0.490 e. The minimum atomic E-state index is -5.08. The number of benzene rings is 2. The Kier molecular flexibility index (Phi) is 8.07. The molecule has 2 atom stereocenters. The number of aromatic nitrogens is 3. The van der Waals surface area contributed by atoms with Crippen LogP contribution in [0.5, 0.6) is 0 Å². The molecular weight excluding hydrogens is 557 g/mol. The second-order valence-corrected chi connectivity index (χ2v) is 10.2. The van der Waals surface area contributed by atoms with Gasteiger partial charge in [0.1, 0.15) is 6.04 Å². The van der Waals surface area contributed by atoms with Crippen LogP contribution in [0.2, 0.25) is 0 Å². The van der Waals surface area contributed by atoms with Crippen LogP contribution in [0.15, 0.2) is 48.7 Å². The van der Waals surface area contributed by atoms with Gasteiger partial charge in [-0.05, 0) is 60.6 Å². The molecule has 0 bridgehead atoms. The van der Waals surface area contributed by atoms with E-state index in [0.717, 1.165) is 29.8 Å². The number of hydrogen-bond acceptors (Lipinski definition) is 7. The van der Waals surface area contributed by atoms with Crippen LogP contribution in [0.4, 0.5) is 13.2 Å². The molecule has 2 unspecified atom stereocenters. The molecule has 220 valence electrons. The summed E-state index contributed by atoms with van der Waals surface area (Å²) < 4.78 is 33.4. The van der Waals surface area contributed by atoms with E-state index in [1.54, 1.807) is 15.6 Å². The average molecular weight is 585 g/mol. The predicted octanol–water partition coefficient (Wildman–Crippen LogP) is 2.83. The molecular formula is C28H27F3N6O5. The van der Waals surface area contributed by atoms with E-state index in [9.17, 15) is 27.6 Å². The Morgan fingerprint density at radius 2 is 1.83 bits per heavy atom. The summed E-state index contributed by atoms with van der Waals surface area (Å²) in [5, 5.41) is 21.7. The summed E-state index contributed by atoms with van der Waals surface area (Å²) in [7, 11) is 0. The van der Waals surface area contributed by atoms with Gasteiger partial charge in [-0.1, -0.05) is 29.5 Å². The van der Waals surface area contributed by atoms with Gasteiger partial charge in [0.25, 0.3) is 5.91 Å². The van der Waals surface area contributed by atoms with Gasteiger partial charge in [-0.15, -0.1) is 5.10 Å². The normalized spacial score (nSPS) is 19.9. The first kappa shape index (κ1) is 28.9. The Labute approximate surface area is 237 Å². The fourth-order valence-electron chi connectivity index (χ4n) is 5.40. The summed E-state index contributed by atoms with van der Waals surface area (Å²) in [6.45, 7) is 0.949. The lowest BCUT2D eigenvalue weighted by molar-refractivity contribution is -0.192. The fourth-order valence-corrected chi connectivity index (χ4v) is 5.40. The molecule has 3 aliphatic rings. The van der Waals surface area contributed by atoms with E-state index in [0.29, 0.717) is 31.1 Å². The second kappa shape index (κ2) is 11.7. The number of hydrogen-bond donors (Lipinski definition) is 3. The molecule has 1 fully saturated rings. The van der Waals surface area contributed by atoms with Crippen molar-refractivity contribution in [2.45, 2.75) is 63.5 Å². The van der Waals surface area contributed by atoms with Crippen LogP contribution in [-0.2, 0) is 33.9 Å². The fraction of sp³-hybridized carbons (Fsp3) is 0.357. The molecule has 2 aromatic carbocycles. The van der Waals surface area contributed by atoms with Crippen molar-refractivity contribution in [3.05, 3.63) is 76.6 Å². The van der Waals surface area contributed by atoms with Gasteiger partial charge in [0.2, 0.25) is 11.8 Å². The van der Waals surface area contributed by atoms with E-state index < -0.39 is 24.1 Å². The number of rotatable bonds is 5. The third kappa shape index (κ3) is 6.17. The molecule has 1 aliphatic carbocycles. The number of aliphatic carboxylic acids is 1. The molecule has 14 heteroatoms. The lowest BCUT2D eigenvalue weighted by Gasteiger charge is -2.29. The van der Waals surface area contributed by atoms with Crippen LogP contribution in [0.1, 0.15) is 64.5 Å². The van der Waals surface area contributed by atoms with E-state index >= 15 is 0 Å². The Balaban J connectivity index is 0.000000451. The largest absolute Gasteiger partial charge is 0.490 e. The van der Waals surface area contributed by atoms with Crippen LogP contribution in [0.25, 0.3) is 5.69 Å². The van der Waals surface area contributed by atoms with Crippen molar-refractivity contribution in [2.75, 3.05) is 0 Å². The average Bonchev–Trinajstić information content (AvgIpc) is 3.56. The molecule has 42 heavy (non-hydrogen) atoms. The number of piperidine rings is 1. The quantitative estimate of drug-likeness (QED) is 0.388. The Morgan fingerprint density at radius 3 is 2.57 bits per heavy atom. The summed E-state index contributed by atoms with van der Waals surface area (Å²) >= 11 is 0. The van der Waals surface area contributed by atoms with Gasteiger partial charge >= 0.3 is 12.1 Å². The molecule has 0 spiro atoms. The third-order valence-electron chi connectivity index (χ3n) is 7.45. The number of carbonyl (C=O) groups is 4. The van der Waals surface area contributed by atoms with Crippen molar-refractivity contribution in [3.63, 3.8) is 0 Å². The summed E-state index contributed by atoms with van der Waals surface area (Å²) in [4.78, 5) is 47.1. The zero-order valence-corrected chi connectivity index (χ0v) is 22.2. The van der Waals surface area contributed by atoms with Crippen LogP contribution >= 0.6 is 0 Å². The van der Waals surface area contributed by atoms with Crippen LogP contribution in [0.3, 0.4) is 0 Å². The highest BCUT2D eigenvalue weighted by molar-refractivity contribution is 6.05. The van der Waals surface area contributed by atoms with Gasteiger partial charge in [0, 0.05) is 31.1 Å². The second-order valence-electron chi connectivity index (χ2n) is 10.2. The highest BCUT2D eigenvalue weighted by atomic mass is 19.4. The lowest BCUT2D eigenvalue weighted by Crippen LogP contribution is -2.52. The number of imide groups is 1. The molecule has 2 aliphatic heterocycles. The van der Waals surface area contributed by atoms with Gasteiger partial charge in [0.05, 0.1) is 17.6 Å². The summed E-state index contributed by atoms with van der Waals surface area (Å²) in [6.07, 6.45) is 0.815. The molecule has 0 saturated carbocycles. The smallest absolute Gasteiger partial charge is 0.475 e. The number of carboxylic acids is 1. The molecule has 1 saturated heterocycles. The zero-order valence-electron chi connectivity index (χ0n) is 22.2. The number of carbonyl (C=O) groups excluding carboxylic acids is 3. The molecule has 11 nitrogen and oxygen atoms in total. The van der Waals surface area contributed by atoms with Crippen molar-refractivity contribution in [2.24, 2.45) is 0 Å². The van der Waals surface area contributed by atoms with E-state index in [4.69, 9.17) is 9.90 Å². The Morgan fingerprint density at radius 1 is 1.07 bits per heavy atom. The minimum absolute atomic E-state index is 0.183. The van der Waals surface area contributed by atoms with Crippen LogP contribution in [0, 0.1) is 0 Å². The van der Waals surface area contributed by atoms with Crippen molar-refractivity contribution in [3.8, 4) is 5.69 Å². The van der Waals surface area contributed by atoms with Crippen molar-refractivity contribution in [1.82, 2.24) is 30.5 Å². The minimum Gasteiger partial charge on any atom is -0.475 e. The van der Waals surface area contributed by atoms with Gasteiger partial charge in [-0.25, -0.2) is 9.48 Å². The monoisotopic (exact) mass is 584 g/mol. The maximum absolute atomic E-state index is 12.9. The van der Waals surface area contributed by atoms with Gasteiger partial charge < -0.3 is 15.3 Å². The number of nitrogens with zero attached hydrogens (tertiary/aromatic N) is 4. The summed E-state index contributed by atoms with van der Waals surface area (Å²) in [5.41, 5.74) is 5.86. The van der Waals surface area contributed by atoms with Gasteiger partial charge in [-0.2, -0.15) is 13.2 Å². The standard InChI is InChI=1S/C26H26N6O3.C2HF3O2/c33-24-11-10-23(25(34)28-24)31-14-17-12-19(8-9-21(17)26(31)35)32-15-18(29-30-32)13-27-22-7-3-5-16-4-1-2-6-20(16)22;3-2(4,5)1(6)7/h1-2,4,6,8-9,12,15,22-23,27H,3,5,7,10-11,13-14H2,(H,28,33,34);(H,6,7). The molecule has 3 N–H and O–H groups in total. The number of carboxylic acid groups (broad SMARTS) is 1. The first-order chi connectivity index (χ1) is 20.0. The summed E-state index contributed by atoms with van der Waals surface area (Å²) in [5.74, 6) is -3.64. The number of fused-ring (bicyclic) bond motifs is 2. The highest BCUT2D eigenvalue weighted by Gasteiger charge is 2.39. The van der Waals surface area contributed by atoms with E-state index in [1.807, 2.05) is 18.3 Å². The first-order valence-corrected chi connectivity index (χ1v) is 13.3. The van der Waals surface area contributed by atoms with Crippen LogP contribution in [-0.4, -0.2) is 60.9 Å². The van der Waals surface area contributed by atoms with E-state index in [-0.39, 0.29) is 18.2 Å². The SMILES string of the molecule is O=C(O)C(F)(F)F.O=C1CCC(N2Cc3cc(-n4cc(CNC5CCCc6ccccc65)nn4)ccc3C2=O)C(=O)N1. The molecule has 1 aromatic heterocycles. The van der Waals surface area contributed by atoms with Crippen molar-refractivity contribution < 1.29 is 37.5 Å². The maximum atomic E-state index is 12.9. The van der Waals surface area contributed by atoms with Crippen LogP contribution < -0.4 is 10.6 Å². The predicted molar refractivity (Wildman–Crippen MR) is 140 cm³/mol.